The molecule has 0 radical (unpaired) electrons. The molecule has 2 aliphatic carbocycles. The van der Waals surface area contributed by atoms with Crippen LogP contribution in [0.25, 0.3) is 11.0 Å². The van der Waals surface area contributed by atoms with Crippen LogP contribution in [-0.2, 0) is 4.79 Å². The molecule has 3 N–H and O–H groups in total. The first-order valence-corrected chi connectivity index (χ1v) is 8.05. The topological polar surface area (TPSA) is 107 Å². The van der Waals surface area contributed by atoms with Gasteiger partial charge in [-0.1, -0.05) is 0 Å². The summed E-state index contributed by atoms with van der Waals surface area (Å²) in [4.78, 5) is 21.6. The molecule has 4 rings (SSSR count). The Hall–Kier alpha value is -2.22. The summed E-state index contributed by atoms with van der Waals surface area (Å²) >= 11 is 0. The first kappa shape index (κ1) is 14.4. The van der Waals surface area contributed by atoms with E-state index in [2.05, 4.69) is 30.4 Å². The highest BCUT2D eigenvalue weighted by Crippen LogP contribution is 2.34. The number of nitrogens with one attached hydrogen (secondary N) is 2. The van der Waals surface area contributed by atoms with Gasteiger partial charge in [-0.2, -0.15) is 5.10 Å². The van der Waals surface area contributed by atoms with Gasteiger partial charge in [0.25, 0.3) is 0 Å². The first-order chi connectivity index (χ1) is 11.2. The lowest BCUT2D eigenvalue weighted by Gasteiger charge is -2.43. The Bertz CT molecular complexity index is 707. The van der Waals surface area contributed by atoms with Crippen molar-refractivity contribution in [2.75, 3.05) is 18.4 Å². The summed E-state index contributed by atoms with van der Waals surface area (Å²) in [6.45, 7) is 1.07. The molecule has 0 aromatic carbocycles. The van der Waals surface area contributed by atoms with E-state index in [0.717, 1.165) is 36.2 Å². The summed E-state index contributed by atoms with van der Waals surface area (Å²) in [6, 6.07) is 0.675. The molecule has 2 heterocycles. The van der Waals surface area contributed by atoms with E-state index < -0.39 is 5.97 Å². The van der Waals surface area contributed by atoms with Gasteiger partial charge in [-0.05, 0) is 31.6 Å². The van der Waals surface area contributed by atoms with Crippen LogP contribution < -0.4 is 5.32 Å². The summed E-state index contributed by atoms with van der Waals surface area (Å²) in [5, 5.41) is 20.2. The van der Waals surface area contributed by atoms with Crippen molar-refractivity contribution in [2.24, 2.45) is 5.92 Å². The predicted molar refractivity (Wildman–Crippen MR) is 84.0 cm³/mol. The van der Waals surface area contributed by atoms with Gasteiger partial charge in [0.15, 0.2) is 5.65 Å². The first-order valence-electron chi connectivity index (χ1n) is 8.05. The molecule has 122 valence electrons. The normalized spacial score (nSPS) is 23.9. The van der Waals surface area contributed by atoms with Crippen LogP contribution in [0.4, 0.5) is 5.82 Å². The summed E-state index contributed by atoms with van der Waals surface area (Å²) in [6.07, 6.45) is 7.61. The molecule has 2 fully saturated rings. The van der Waals surface area contributed by atoms with Crippen molar-refractivity contribution in [1.82, 2.24) is 25.1 Å². The maximum Gasteiger partial charge on any atom is 0.317 e. The van der Waals surface area contributed by atoms with Crippen LogP contribution in [0.1, 0.15) is 25.7 Å². The van der Waals surface area contributed by atoms with Crippen LogP contribution in [0, 0.1) is 5.92 Å². The van der Waals surface area contributed by atoms with E-state index in [1.54, 1.807) is 6.20 Å². The number of hydrogen-bond donors (Lipinski definition) is 3. The van der Waals surface area contributed by atoms with Gasteiger partial charge < -0.3 is 10.4 Å². The molecule has 0 bridgehead atoms. The molecule has 0 spiro atoms. The molecule has 2 aromatic rings. The molecule has 8 nitrogen and oxygen atoms in total. The lowest BCUT2D eigenvalue weighted by molar-refractivity contribution is -0.139. The number of aromatic nitrogens is 4. The fourth-order valence-electron chi connectivity index (χ4n) is 3.23. The third kappa shape index (κ3) is 3.12. The van der Waals surface area contributed by atoms with Crippen molar-refractivity contribution in [1.29, 1.82) is 0 Å². The zero-order valence-electron chi connectivity index (χ0n) is 12.8. The van der Waals surface area contributed by atoms with Crippen LogP contribution in [0.2, 0.25) is 0 Å². The molecule has 0 saturated heterocycles. The fraction of sp³-hybridized carbons (Fsp3) is 0.600. The largest absolute Gasteiger partial charge is 0.480 e. The van der Waals surface area contributed by atoms with E-state index in [1.807, 2.05) is 0 Å². The number of aliphatic carboxylic acids is 1. The van der Waals surface area contributed by atoms with Crippen molar-refractivity contribution in [2.45, 2.75) is 37.8 Å². The third-order valence-electron chi connectivity index (χ3n) is 4.75. The predicted octanol–water partition coefficient (Wildman–Crippen LogP) is 1.09. The zero-order valence-corrected chi connectivity index (χ0v) is 12.8. The maximum atomic E-state index is 11.1. The Morgan fingerprint density at radius 3 is 2.96 bits per heavy atom. The zero-order chi connectivity index (χ0) is 15.8. The van der Waals surface area contributed by atoms with Gasteiger partial charge in [-0.25, -0.2) is 9.97 Å². The molecule has 0 unspecified atom stereocenters. The van der Waals surface area contributed by atoms with Gasteiger partial charge in [0.2, 0.25) is 0 Å². The number of fused-ring (bicyclic) bond motifs is 1. The highest BCUT2D eigenvalue weighted by molar-refractivity contribution is 5.85. The van der Waals surface area contributed by atoms with Gasteiger partial charge in [-0.15, -0.1) is 0 Å². The molecule has 23 heavy (non-hydrogen) atoms. The van der Waals surface area contributed by atoms with E-state index in [1.165, 1.54) is 19.2 Å². The Balaban J connectivity index is 1.36. The molecule has 0 atom stereocenters. The average Bonchev–Trinajstić information content (AvgIpc) is 3.14. The lowest BCUT2D eigenvalue weighted by Crippen LogP contribution is -2.52. The third-order valence-corrected chi connectivity index (χ3v) is 4.75. The number of hydrogen-bond acceptors (Lipinski definition) is 6. The second-order valence-corrected chi connectivity index (χ2v) is 6.59. The maximum absolute atomic E-state index is 11.1. The van der Waals surface area contributed by atoms with E-state index in [4.69, 9.17) is 5.11 Å². The quantitative estimate of drug-likeness (QED) is 0.702. The van der Waals surface area contributed by atoms with E-state index >= 15 is 0 Å². The lowest BCUT2D eigenvalue weighted by atomic mass is 9.85. The number of H-pyrrole nitrogens is 1. The highest BCUT2D eigenvalue weighted by Gasteiger charge is 2.37. The highest BCUT2D eigenvalue weighted by atomic mass is 16.4. The minimum absolute atomic E-state index is 0.146. The molecule has 2 aromatic heterocycles. The van der Waals surface area contributed by atoms with Crippen molar-refractivity contribution < 1.29 is 9.90 Å². The van der Waals surface area contributed by atoms with Crippen LogP contribution in [0.15, 0.2) is 12.5 Å². The van der Waals surface area contributed by atoms with Crippen LogP contribution in [-0.4, -0.2) is 61.3 Å². The summed E-state index contributed by atoms with van der Waals surface area (Å²) in [7, 11) is 0. The van der Waals surface area contributed by atoms with Crippen LogP contribution >= 0.6 is 0 Å². The number of rotatable bonds is 7. The number of aromatic amines is 1. The van der Waals surface area contributed by atoms with Crippen molar-refractivity contribution >= 4 is 22.8 Å². The minimum atomic E-state index is -0.738. The Labute approximate surface area is 133 Å². The number of anilines is 1. The minimum Gasteiger partial charge on any atom is -0.480 e. The molecule has 0 aliphatic heterocycles. The van der Waals surface area contributed by atoms with Crippen molar-refractivity contribution in [3.8, 4) is 0 Å². The van der Waals surface area contributed by atoms with E-state index in [-0.39, 0.29) is 6.54 Å². The van der Waals surface area contributed by atoms with Gasteiger partial charge in [-0.3, -0.25) is 14.8 Å². The van der Waals surface area contributed by atoms with Gasteiger partial charge in [0.05, 0.1) is 18.1 Å². The monoisotopic (exact) mass is 316 g/mol. The number of carboxylic acids is 1. The molecule has 8 heteroatoms. The number of carbonyl (C=O) groups is 1. The van der Waals surface area contributed by atoms with Gasteiger partial charge >= 0.3 is 5.97 Å². The fourth-order valence-corrected chi connectivity index (χ4v) is 3.23. The van der Waals surface area contributed by atoms with Crippen LogP contribution in [0.5, 0.6) is 0 Å². The van der Waals surface area contributed by atoms with E-state index in [9.17, 15) is 4.79 Å². The van der Waals surface area contributed by atoms with Gasteiger partial charge in [0, 0.05) is 18.6 Å². The molecule has 2 saturated carbocycles. The average molecular weight is 316 g/mol. The van der Waals surface area contributed by atoms with Crippen LogP contribution in [0.3, 0.4) is 0 Å². The number of nitrogens with zero attached hydrogens (tertiary/aromatic N) is 4. The van der Waals surface area contributed by atoms with Crippen molar-refractivity contribution in [3.05, 3.63) is 12.5 Å². The summed E-state index contributed by atoms with van der Waals surface area (Å²) in [5.74, 6) is 0.755. The Kier molecular flexibility index (Phi) is 3.60. The van der Waals surface area contributed by atoms with Crippen molar-refractivity contribution in [3.63, 3.8) is 0 Å². The number of carboxylic acid groups (broad SMARTS) is 1. The smallest absolute Gasteiger partial charge is 0.317 e. The molecule has 0 amide bonds. The molecule has 2 aliphatic rings. The Morgan fingerprint density at radius 1 is 1.39 bits per heavy atom. The summed E-state index contributed by atoms with van der Waals surface area (Å²) in [5.41, 5.74) is 0.722. The standard InChI is InChI=1S/C15H20N6O2/c22-13(23)7-21(6-9-1-2-9)11-3-10(4-11)19-14-12-5-18-20-15(12)17-8-16-14/h5,8-11H,1-4,6-7H2,(H,22,23)(H2,16,17,18,19,20). The molecular formula is C15H20N6O2. The second kappa shape index (κ2) is 5.77. The SMILES string of the molecule is O=C(O)CN(CC1CC1)C1CC(Nc2ncnc3[nH]ncc23)C1. The Morgan fingerprint density at radius 2 is 2.22 bits per heavy atom. The summed E-state index contributed by atoms with van der Waals surface area (Å²) < 4.78 is 0. The molecular weight excluding hydrogens is 296 g/mol. The van der Waals surface area contributed by atoms with E-state index in [0.29, 0.717) is 18.0 Å². The van der Waals surface area contributed by atoms with Gasteiger partial charge in [0.1, 0.15) is 12.1 Å². The second-order valence-electron chi connectivity index (χ2n) is 6.59.